The fraction of sp³-hybridized carbons (Fsp3) is 0.286. The van der Waals surface area contributed by atoms with Crippen molar-refractivity contribution in [3.8, 4) is 11.5 Å². The SMILES string of the molecule is CC(C)(C)c1ccc(C(=O)Nc2ccc3c(c2)N(CCCOc2ccccc2)C(=O)CO3)cc1. The number of nitrogens with zero attached hydrogens (tertiary/aromatic N) is 1. The molecule has 3 aromatic rings. The maximum atomic E-state index is 12.8. The summed E-state index contributed by atoms with van der Waals surface area (Å²) in [5.41, 5.74) is 3.02. The molecule has 3 aromatic carbocycles. The van der Waals surface area contributed by atoms with Crippen molar-refractivity contribution in [1.29, 1.82) is 0 Å². The van der Waals surface area contributed by atoms with Gasteiger partial charge in [-0.1, -0.05) is 51.1 Å². The second-order valence-corrected chi connectivity index (χ2v) is 9.31. The van der Waals surface area contributed by atoms with E-state index in [1.165, 1.54) is 5.56 Å². The number of para-hydroxylation sites is 1. The Kier molecular flexibility index (Phi) is 6.87. The molecule has 6 nitrogen and oxygen atoms in total. The second-order valence-electron chi connectivity index (χ2n) is 9.31. The van der Waals surface area contributed by atoms with Crippen molar-refractivity contribution < 1.29 is 19.1 Å². The van der Waals surface area contributed by atoms with Gasteiger partial charge in [0.1, 0.15) is 11.5 Å². The molecule has 0 radical (unpaired) electrons. The zero-order chi connectivity index (χ0) is 24.1. The molecule has 4 rings (SSSR count). The van der Waals surface area contributed by atoms with Crippen molar-refractivity contribution in [3.63, 3.8) is 0 Å². The lowest BCUT2D eigenvalue weighted by Gasteiger charge is -2.30. The molecule has 0 bridgehead atoms. The van der Waals surface area contributed by atoms with E-state index in [0.717, 1.165) is 5.75 Å². The molecule has 1 heterocycles. The van der Waals surface area contributed by atoms with Gasteiger partial charge in [-0.05, 0) is 59.9 Å². The van der Waals surface area contributed by atoms with Crippen LogP contribution in [0, 0.1) is 0 Å². The Labute approximate surface area is 200 Å². The largest absolute Gasteiger partial charge is 0.494 e. The van der Waals surface area contributed by atoms with Crippen molar-refractivity contribution in [1.82, 2.24) is 0 Å². The molecule has 0 unspecified atom stereocenters. The van der Waals surface area contributed by atoms with E-state index in [2.05, 4.69) is 26.1 Å². The molecule has 1 N–H and O–H groups in total. The van der Waals surface area contributed by atoms with Crippen molar-refractivity contribution in [2.24, 2.45) is 0 Å². The van der Waals surface area contributed by atoms with Crippen LogP contribution in [0.25, 0.3) is 0 Å². The van der Waals surface area contributed by atoms with E-state index in [4.69, 9.17) is 9.47 Å². The van der Waals surface area contributed by atoms with E-state index >= 15 is 0 Å². The Balaban J connectivity index is 1.42. The fourth-order valence-corrected chi connectivity index (χ4v) is 3.78. The number of fused-ring (bicyclic) bond motifs is 1. The number of nitrogens with one attached hydrogen (secondary N) is 1. The molecule has 0 aliphatic carbocycles. The lowest BCUT2D eigenvalue weighted by molar-refractivity contribution is -0.121. The van der Waals surface area contributed by atoms with Crippen LogP contribution in [-0.2, 0) is 10.2 Å². The maximum absolute atomic E-state index is 12.8. The fourth-order valence-electron chi connectivity index (χ4n) is 3.78. The van der Waals surface area contributed by atoms with Gasteiger partial charge in [0.2, 0.25) is 0 Å². The van der Waals surface area contributed by atoms with Crippen LogP contribution in [0.4, 0.5) is 11.4 Å². The normalized spacial score (nSPS) is 13.1. The summed E-state index contributed by atoms with van der Waals surface area (Å²) in [5.74, 6) is 1.10. The summed E-state index contributed by atoms with van der Waals surface area (Å²) in [4.78, 5) is 27.1. The van der Waals surface area contributed by atoms with Crippen LogP contribution in [-0.4, -0.2) is 31.6 Å². The Morgan fingerprint density at radius 2 is 1.76 bits per heavy atom. The molecule has 1 aliphatic rings. The Hall–Kier alpha value is -3.80. The standard InChI is InChI=1S/C28H30N2O4/c1-28(2,3)21-12-10-20(11-13-21)27(32)29-22-14-15-25-24(18-22)30(26(31)19-34-25)16-7-17-33-23-8-5-4-6-9-23/h4-6,8-15,18H,7,16-17,19H2,1-3H3,(H,29,32). The Morgan fingerprint density at radius 1 is 1.03 bits per heavy atom. The molecular formula is C28H30N2O4. The number of carbonyl (C=O) groups excluding carboxylic acids is 2. The van der Waals surface area contributed by atoms with Crippen molar-refractivity contribution >= 4 is 23.2 Å². The van der Waals surface area contributed by atoms with Crippen LogP contribution in [0.1, 0.15) is 43.1 Å². The highest BCUT2D eigenvalue weighted by molar-refractivity contribution is 6.05. The van der Waals surface area contributed by atoms with E-state index in [0.29, 0.717) is 42.3 Å². The van der Waals surface area contributed by atoms with E-state index in [1.54, 1.807) is 23.1 Å². The molecule has 0 spiro atoms. The molecule has 0 aromatic heterocycles. The number of hydrogen-bond acceptors (Lipinski definition) is 4. The van der Waals surface area contributed by atoms with Crippen LogP contribution >= 0.6 is 0 Å². The quantitative estimate of drug-likeness (QED) is 0.480. The van der Waals surface area contributed by atoms with Crippen LogP contribution in [0.15, 0.2) is 72.8 Å². The minimum Gasteiger partial charge on any atom is -0.494 e. The first-order valence-electron chi connectivity index (χ1n) is 11.5. The highest BCUT2D eigenvalue weighted by Crippen LogP contribution is 2.35. The topological polar surface area (TPSA) is 67.9 Å². The molecule has 6 heteroatoms. The molecular weight excluding hydrogens is 428 g/mol. The molecule has 0 atom stereocenters. The third-order valence-electron chi connectivity index (χ3n) is 5.71. The minimum atomic E-state index is -0.203. The predicted octanol–water partition coefficient (Wildman–Crippen LogP) is 5.43. The number of rotatable bonds is 7. The van der Waals surface area contributed by atoms with Gasteiger partial charge in [0.15, 0.2) is 6.61 Å². The van der Waals surface area contributed by atoms with Gasteiger partial charge >= 0.3 is 0 Å². The number of carbonyl (C=O) groups is 2. The summed E-state index contributed by atoms with van der Waals surface area (Å²) in [6, 6.07) is 22.6. The summed E-state index contributed by atoms with van der Waals surface area (Å²) in [6.07, 6.45) is 0.663. The highest BCUT2D eigenvalue weighted by Gasteiger charge is 2.26. The van der Waals surface area contributed by atoms with Crippen molar-refractivity contribution in [2.75, 3.05) is 30.0 Å². The smallest absolute Gasteiger partial charge is 0.265 e. The van der Waals surface area contributed by atoms with E-state index in [1.807, 2.05) is 54.6 Å². The predicted molar refractivity (Wildman–Crippen MR) is 134 cm³/mol. The van der Waals surface area contributed by atoms with Crippen LogP contribution in [0.3, 0.4) is 0 Å². The maximum Gasteiger partial charge on any atom is 0.265 e. The van der Waals surface area contributed by atoms with Gasteiger partial charge in [-0.15, -0.1) is 0 Å². The zero-order valence-electron chi connectivity index (χ0n) is 19.8. The number of anilines is 2. The van der Waals surface area contributed by atoms with Crippen LogP contribution in [0.2, 0.25) is 0 Å². The van der Waals surface area contributed by atoms with E-state index in [9.17, 15) is 9.59 Å². The summed E-state index contributed by atoms with van der Waals surface area (Å²) >= 11 is 0. The lowest BCUT2D eigenvalue weighted by atomic mass is 9.87. The van der Waals surface area contributed by atoms with Gasteiger partial charge in [0.05, 0.1) is 12.3 Å². The van der Waals surface area contributed by atoms with Gasteiger partial charge in [0, 0.05) is 17.8 Å². The van der Waals surface area contributed by atoms with Gasteiger partial charge < -0.3 is 19.7 Å². The van der Waals surface area contributed by atoms with Gasteiger partial charge in [-0.25, -0.2) is 0 Å². The highest BCUT2D eigenvalue weighted by atomic mass is 16.5. The Morgan fingerprint density at radius 3 is 2.47 bits per heavy atom. The first-order valence-corrected chi connectivity index (χ1v) is 11.5. The van der Waals surface area contributed by atoms with Gasteiger partial charge in [-0.3, -0.25) is 9.59 Å². The first-order chi connectivity index (χ1) is 16.3. The third kappa shape index (κ3) is 5.57. The van der Waals surface area contributed by atoms with Crippen molar-refractivity contribution in [2.45, 2.75) is 32.6 Å². The first kappa shape index (κ1) is 23.4. The molecule has 2 amide bonds. The summed E-state index contributed by atoms with van der Waals surface area (Å²) < 4.78 is 11.3. The third-order valence-corrected chi connectivity index (χ3v) is 5.71. The van der Waals surface area contributed by atoms with Crippen LogP contribution in [0.5, 0.6) is 11.5 Å². The minimum absolute atomic E-state index is 0.00161. The molecule has 0 saturated carbocycles. The zero-order valence-corrected chi connectivity index (χ0v) is 19.8. The average Bonchev–Trinajstić information content (AvgIpc) is 2.83. The molecule has 1 aliphatic heterocycles. The second kappa shape index (κ2) is 10.00. The van der Waals surface area contributed by atoms with Gasteiger partial charge in [-0.2, -0.15) is 0 Å². The van der Waals surface area contributed by atoms with Crippen molar-refractivity contribution in [3.05, 3.63) is 83.9 Å². The summed E-state index contributed by atoms with van der Waals surface area (Å²) in [7, 11) is 0. The molecule has 0 fully saturated rings. The number of ether oxygens (including phenoxy) is 2. The van der Waals surface area contributed by atoms with E-state index < -0.39 is 0 Å². The average molecular weight is 459 g/mol. The number of benzene rings is 3. The van der Waals surface area contributed by atoms with E-state index in [-0.39, 0.29) is 23.8 Å². The molecule has 34 heavy (non-hydrogen) atoms. The number of amides is 2. The number of hydrogen-bond donors (Lipinski definition) is 1. The summed E-state index contributed by atoms with van der Waals surface area (Å²) in [6.45, 7) is 7.39. The molecule has 176 valence electrons. The monoisotopic (exact) mass is 458 g/mol. The lowest BCUT2D eigenvalue weighted by Crippen LogP contribution is -2.39. The Bertz CT molecular complexity index is 1150. The molecule has 0 saturated heterocycles. The van der Waals surface area contributed by atoms with Gasteiger partial charge in [0.25, 0.3) is 11.8 Å². The summed E-state index contributed by atoms with van der Waals surface area (Å²) in [5, 5.41) is 2.93. The van der Waals surface area contributed by atoms with Crippen LogP contribution < -0.4 is 19.7 Å².